The van der Waals surface area contributed by atoms with E-state index in [1.807, 2.05) is 0 Å². The Labute approximate surface area is 141 Å². The van der Waals surface area contributed by atoms with Crippen molar-refractivity contribution in [2.45, 2.75) is 64.9 Å². The summed E-state index contributed by atoms with van der Waals surface area (Å²) in [7, 11) is 0. The van der Waals surface area contributed by atoms with E-state index in [1.54, 1.807) is 5.57 Å². The molecule has 0 spiro atoms. The molecule has 0 bridgehead atoms. The molecule has 130 valence electrons. The first-order valence-electron chi connectivity index (χ1n) is 9.06. The topological polar surface area (TPSA) is 75.0 Å². The second kappa shape index (κ2) is 5.11. The van der Waals surface area contributed by atoms with Gasteiger partial charge >= 0.3 is 5.69 Å². The number of allylic oxidation sites excluding steroid dienone is 2. The summed E-state index contributed by atoms with van der Waals surface area (Å²) in [5.41, 5.74) is 1.21. The van der Waals surface area contributed by atoms with E-state index in [2.05, 4.69) is 36.8 Å². The SMILES string of the molecule is C[C@@H]1CCC=C2CC[C@@H]([C@@]3(C)Cc4c([nH]c(=O)[nH]c4=O)O3)C[C@]21C. The van der Waals surface area contributed by atoms with Crippen molar-refractivity contribution in [2.75, 3.05) is 0 Å². The Bertz CT molecular complexity index is 821. The number of rotatable bonds is 1. The third-order valence-corrected chi connectivity index (χ3v) is 6.97. The number of hydrogen-bond donors (Lipinski definition) is 2. The van der Waals surface area contributed by atoms with Gasteiger partial charge in [0.15, 0.2) is 0 Å². The maximum Gasteiger partial charge on any atom is 0.328 e. The van der Waals surface area contributed by atoms with Crippen LogP contribution in [0.25, 0.3) is 0 Å². The van der Waals surface area contributed by atoms with Crippen LogP contribution in [0.3, 0.4) is 0 Å². The van der Waals surface area contributed by atoms with Gasteiger partial charge in [-0.25, -0.2) is 4.79 Å². The Hall–Kier alpha value is -1.78. The highest BCUT2D eigenvalue weighted by Crippen LogP contribution is 2.55. The molecule has 4 atom stereocenters. The summed E-state index contributed by atoms with van der Waals surface area (Å²) in [6.45, 7) is 6.86. The summed E-state index contributed by atoms with van der Waals surface area (Å²) < 4.78 is 6.16. The van der Waals surface area contributed by atoms with Crippen molar-refractivity contribution in [3.63, 3.8) is 0 Å². The molecule has 2 heterocycles. The predicted molar refractivity (Wildman–Crippen MR) is 92.3 cm³/mol. The molecule has 1 fully saturated rings. The molecule has 1 aromatic rings. The fourth-order valence-electron chi connectivity index (χ4n) is 5.15. The summed E-state index contributed by atoms with van der Waals surface area (Å²) in [6.07, 6.45) is 8.76. The van der Waals surface area contributed by atoms with Crippen molar-refractivity contribution in [3.8, 4) is 5.88 Å². The third kappa shape index (κ3) is 2.20. The van der Waals surface area contributed by atoms with Gasteiger partial charge in [0.05, 0.1) is 5.56 Å². The van der Waals surface area contributed by atoms with Gasteiger partial charge in [-0.05, 0) is 56.3 Å². The minimum Gasteiger partial charge on any atom is -0.472 e. The third-order valence-electron chi connectivity index (χ3n) is 6.97. The van der Waals surface area contributed by atoms with Crippen LogP contribution in [0.15, 0.2) is 21.2 Å². The first-order chi connectivity index (χ1) is 11.3. The first kappa shape index (κ1) is 15.7. The quantitative estimate of drug-likeness (QED) is 0.778. The molecule has 3 aliphatic rings. The minimum absolute atomic E-state index is 0.238. The molecular weight excluding hydrogens is 304 g/mol. The van der Waals surface area contributed by atoms with Crippen molar-refractivity contribution in [1.29, 1.82) is 0 Å². The molecule has 0 amide bonds. The zero-order chi connectivity index (χ0) is 17.1. The van der Waals surface area contributed by atoms with Crippen LogP contribution in [0.1, 0.15) is 58.4 Å². The second-order valence-corrected chi connectivity index (χ2v) is 8.37. The van der Waals surface area contributed by atoms with E-state index >= 15 is 0 Å². The Morgan fingerprint density at radius 3 is 2.79 bits per heavy atom. The highest BCUT2D eigenvalue weighted by atomic mass is 16.5. The van der Waals surface area contributed by atoms with Crippen LogP contribution in [-0.2, 0) is 6.42 Å². The lowest BCUT2D eigenvalue weighted by Gasteiger charge is -2.50. The normalized spacial score (nSPS) is 38.0. The van der Waals surface area contributed by atoms with Crippen molar-refractivity contribution in [1.82, 2.24) is 9.97 Å². The van der Waals surface area contributed by atoms with Gasteiger partial charge < -0.3 is 4.74 Å². The maximum absolute atomic E-state index is 12.1. The number of aromatic amines is 2. The van der Waals surface area contributed by atoms with E-state index in [1.165, 1.54) is 12.8 Å². The van der Waals surface area contributed by atoms with E-state index in [0.29, 0.717) is 29.7 Å². The smallest absolute Gasteiger partial charge is 0.328 e. The van der Waals surface area contributed by atoms with E-state index in [0.717, 1.165) is 19.3 Å². The molecule has 2 N–H and O–H groups in total. The van der Waals surface area contributed by atoms with E-state index in [-0.39, 0.29) is 11.0 Å². The number of fused-ring (bicyclic) bond motifs is 2. The first-order valence-corrected chi connectivity index (χ1v) is 9.06. The molecule has 1 saturated carbocycles. The Kier molecular flexibility index (Phi) is 3.35. The Morgan fingerprint density at radius 2 is 2.00 bits per heavy atom. The van der Waals surface area contributed by atoms with Gasteiger partial charge in [-0.15, -0.1) is 0 Å². The highest BCUT2D eigenvalue weighted by Gasteiger charge is 2.50. The zero-order valence-electron chi connectivity index (χ0n) is 14.7. The summed E-state index contributed by atoms with van der Waals surface area (Å²) in [4.78, 5) is 28.6. The standard InChI is InChI=1S/C19H26N2O3/c1-11-5-4-6-12-7-8-13(9-18(11,12)2)19(3)10-14-15(22)20-17(23)21-16(14)24-19/h6,11,13H,4-5,7-10H2,1-3H3,(H2,20,21,22,23)/t11-,13-,18+,19-/m1/s1. The summed E-state index contributed by atoms with van der Waals surface area (Å²) in [5, 5.41) is 0. The van der Waals surface area contributed by atoms with E-state index in [4.69, 9.17) is 4.74 Å². The van der Waals surface area contributed by atoms with Gasteiger partial charge in [0.2, 0.25) is 5.88 Å². The predicted octanol–water partition coefficient (Wildman–Crippen LogP) is 2.92. The number of aromatic nitrogens is 2. The van der Waals surface area contributed by atoms with Crippen molar-refractivity contribution in [3.05, 3.63) is 38.1 Å². The fourth-order valence-corrected chi connectivity index (χ4v) is 5.15. The fraction of sp³-hybridized carbons (Fsp3) is 0.684. The van der Waals surface area contributed by atoms with Crippen LogP contribution in [0.2, 0.25) is 0 Å². The number of ether oxygens (including phenoxy) is 1. The number of hydrogen-bond acceptors (Lipinski definition) is 3. The zero-order valence-corrected chi connectivity index (χ0v) is 14.7. The van der Waals surface area contributed by atoms with Crippen molar-refractivity contribution in [2.24, 2.45) is 17.3 Å². The molecule has 0 aromatic carbocycles. The molecule has 1 aliphatic heterocycles. The molecule has 0 saturated heterocycles. The van der Waals surface area contributed by atoms with Crippen LogP contribution in [0.4, 0.5) is 0 Å². The van der Waals surface area contributed by atoms with Crippen LogP contribution in [0, 0.1) is 17.3 Å². The monoisotopic (exact) mass is 330 g/mol. The van der Waals surface area contributed by atoms with Gasteiger partial charge in [0.1, 0.15) is 5.60 Å². The van der Waals surface area contributed by atoms with Gasteiger partial charge in [0, 0.05) is 6.42 Å². The Balaban J connectivity index is 1.65. The molecule has 4 rings (SSSR count). The van der Waals surface area contributed by atoms with Gasteiger partial charge in [-0.1, -0.05) is 25.5 Å². The summed E-state index contributed by atoms with van der Waals surface area (Å²) >= 11 is 0. The van der Waals surface area contributed by atoms with Crippen molar-refractivity contribution >= 4 is 0 Å². The Morgan fingerprint density at radius 1 is 1.21 bits per heavy atom. The minimum atomic E-state index is -0.496. The molecule has 5 nitrogen and oxygen atoms in total. The lowest BCUT2D eigenvalue weighted by Crippen LogP contribution is -2.47. The molecule has 24 heavy (non-hydrogen) atoms. The maximum atomic E-state index is 12.1. The van der Waals surface area contributed by atoms with Crippen molar-refractivity contribution < 1.29 is 4.74 Å². The molecule has 1 aromatic heterocycles. The van der Waals surface area contributed by atoms with Gasteiger partial charge in [-0.2, -0.15) is 0 Å². The van der Waals surface area contributed by atoms with Crippen LogP contribution in [-0.4, -0.2) is 15.6 Å². The molecule has 0 radical (unpaired) electrons. The van der Waals surface area contributed by atoms with Crippen LogP contribution >= 0.6 is 0 Å². The average molecular weight is 330 g/mol. The van der Waals surface area contributed by atoms with E-state index in [9.17, 15) is 9.59 Å². The number of H-pyrrole nitrogens is 2. The summed E-state index contributed by atoms with van der Waals surface area (Å²) in [5.74, 6) is 1.43. The van der Waals surface area contributed by atoms with Gasteiger partial charge in [-0.3, -0.25) is 14.8 Å². The molecular formula is C19H26N2O3. The molecule has 2 aliphatic carbocycles. The largest absolute Gasteiger partial charge is 0.472 e. The molecule has 5 heteroatoms. The summed E-state index contributed by atoms with van der Waals surface area (Å²) in [6, 6.07) is 0. The van der Waals surface area contributed by atoms with Gasteiger partial charge in [0.25, 0.3) is 5.56 Å². The second-order valence-electron chi connectivity index (χ2n) is 8.37. The number of nitrogens with one attached hydrogen (secondary N) is 2. The average Bonchev–Trinajstić information content (AvgIpc) is 2.86. The lowest BCUT2D eigenvalue weighted by molar-refractivity contribution is -0.00520. The van der Waals surface area contributed by atoms with E-state index < -0.39 is 11.3 Å². The van der Waals surface area contributed by atoms with Crippen LogP contribution < -0.4 is 16.0 Å². The lowest BCUT2D eigenvalue weighted by atomic mass is 9.56. The molecule has 0 unspecified atom stereocenters. The highest BCUT2D eigenvalue weighted by molar-refractivity contribution is 5.32. The van der Waals surface area contributed by atoms with Crippen LogP contribution in [0.5, 0.6) is 5.88 Å².